The predicted octanol–water partition coefficient (Wildman–Crippen LogP) is 2.77. The number of nitrogens with zero attached hydrogens (tertiary/aromatic N) is 1. The van der Waals surface area contributed by atoms with Crippen molar-refractivity contribution in [2.75, 3.05) is 0 Å². The van der Waals surface area contributed by atoms with Crippen molar-refractivity contribution in [3.8, 4) is 17.8 Å². The van der Waals surface area contributed by atoms with Crippen molar-refractivity contribution in [2.24, 2.45) is 0 Å². The Bertz CT molecular complexity index is 570. The van der Waals surface area contributed by atoms with Gasteiger partial charge in [0.15, 0.2) is 0 Å². The molecule has 2 aromatic carbocycles. The van der Waals surface area contributed by atoms with Crippen LogP contribution < -0.4 is 9.47 Å². The molecule has 0 aliphatic rings. The molecule has 0 saturated carbocycles. The van der Waals surface area contributed by atoms with Gasteiger partial charge in [0.25, 0.3) is 6.26 Å². The van der Waals surface area contributed by atoms with Gasteiger partial charge in [0.05, 0.1) is 5.56 Å². The van der Waals surface area contributed by atoms with Crippen LogP contribution in [0.15, 0.2) is 54.6 Å². The number of hydrogen-bond donors (Lipinski definition) is 0. The van der Waals surface area contributed by atoms with Crippen molar-refractivity contribution in [1.82, 2.24) is 0 Å². The third kappa shape index (κ3) is 2.86. The minimum atomic E-state index is -0.426. The van der Waals surface area contributed by atoms with Gasteiger partial charge in [-0.15, -0.1) is 5.26 Å². The minimum Gasteiger partial charge on any atom is -0.423 e. The maximum absolute atomic E-state index is 11.7. The molecule has 0 spiro atoms. The van der Waals surface area contributed by atoms with Crippen LogP contribution in [0.2, 0.25) is 0 Å². The quantitative estimate of drug-likeness (QED) is 0.469. The van der Waals surface area contributed by atoms with Crippen LogP contribution in [0.4, 0.5) is 0 Å². The van der Waals surface area contributed by atoms with E-state index in [1.807, 2.05) is 6.07 Å². The molecule has 2 aromatic rings. The third-order valence-corrected chi connectivity index (χ3v) is 2.21. The molecule has 0 aromatic heterocycles. The van der Waals surface area contributed by atoms with Crippen LogP contribution in [0.5, 0.6) is 11.5 Å². The largest absolute Gasteiger partial charge is 0.423 e. The number of nitriles is 1. The average Bonchev–Trinajstić information content (AvgIpc) is 2.42. The smallest absolute Gasteiger partial charge is 0.343 e. The van der Waals surface area contributed by atoms with Crippen LogP contribution in [-0.4, -0.2) is 5.97 Å². The highest BCUT2D eigenvalue weighted by Crippen LogP contribution is 2.18. The number of carbonyl (C=O) groups excluding carboxylic acids is 1. The van der Waals surface area contributed by atoms with E-state index >= 15 is 0 Å². The zero-order valence-electron chi connectivity index (χ0n) is 9.37. The first-order chi connectivity index (χ1) is 8.79. The molecular formula is C14H9NO3. The Balaban J connectivity index is 2.06. The molecule has 0 radical (unpaired) electrons. The Hall–Kier alpha value is -2.80. The first kappa shape index (κ1) is 11.7. The van der Waals surface area contributed by atoms with Crippen molar-refractivity contribution in [1.29, 1.82) is 5.26 Å². The first-order valence-electron chi connectivity index (χ1n) is 5.23. The minimum absolute atomic E-state index is 0.397. The molecule has 88 valence electrons. The summed E-state index contributed by atoms with van der Waals surface area (Å²) >= 11 is 0. The van der Waals surface area contributed by atoms with Crippen molar-refractivity contribution < 1.29 is 14.3 Å². The predicted molar refractivity (Wildman–Crippen MR) is 64.1 cm³/mol. The summed E-state index contributed by atoms with van der Waals surface area (Å²) in [4.78, 5) is 11.7. The fourth-order valence-electron chi connectivity index (χ4n) is 1.37. The maximum Gasteiger partial charge on any atom is 0.343 e. The number of rotatable bonds is 3. The lowest BCUT2D eigenvalue weighted by Crippen LogP contribution is -2.07. The number of hydrogen-bond acceptors (Lipinski definition) is 4. The second-order valence-electron chi connectivity index (χ2n) is 3.42. The van der Waals surface area contributed by atoms with Gasteiger partial charge in [-0.05, 0) is 36.4 Å². The molecule has 0 heterocycles. The topological polar surface area (TPSA) is 59.3 Å². The number of esters is 1. The average molecular weight is 239 g/mol. The lowest BCUT2D eigenvalue weighted by Gasteiger charge is -2.04. The zero-order chi connectivity index (χ0) is 12.8. The monoisotopic (exact) mass is 239 g/mol. The summed E-state index contributed by atoms with van der Waals surface area (Å²) in [5, 5.41) is 8.33. The molecule has 2 rings (SSSR count). The molecule has 0 saturated heterocycles. The van der Waals surface area contributed by atoms with E-state index in [4.69, 9.17) is 10.00 Å². The van der Waals surface area contributed by atoms with Crippen LogP contribution in [-0.2, 0) is 0 Å². The van der Waals surface area contributed by atoms with Crippen LogP contribution in [0, 0.1) is 11.5 Å². The van der Waals surface area contributed by atoms with Gasteiger partial charge in [-0.1, -0.05) is 18.2 Å². The fraction of sp³-hybridized carbons (Fsp3) is 0. The van der Waals surface area contributed by atoms with Crippen molar-refractivity contribution >= 4 is 5.97 Å². The van der Waals surface area contributed by atoms with E-state index in [0.29, 0.717) is 17.1 Å². The first-order valence-corrected chi connectivity index (χ1v) is 5.23. The van der Waals surface area contributed by atoms with Crippen molar-refractivity contribution in [2.45, 2.75) is 0 Å². The van der Waals surface area contributed by atoms with Crippen molar-refractivity contribution in [3.63, 3.8) is 0 Å². The summed E-state index contributed by atoms with van der Waals surface area (Å²) in [6, 6.07) is 14.9. The van der Waals surface area contributed by atoms with Gasteiger partial charge in [0, 0.05) is 0 Å². The summed E-state index contributed by atoms with van der Waals surface area (Å²) in [6.45, 7) is 0. The Labute approximate surface area is 104 Å². The van der Waals surface area contributed by atoms with Gasteiger partial charge in [0.1, 0.15) is 11.5 Å². The Kier molecular flexibility index (Phi) is 3.57. The summed E-state index contributed by atoms with van der Waals surface area (Å²) < 4.78 is 9.77. The van der Waals surface area contributed by atoms with Crippen LogP contribution >= 0.6 is 0 Å². The number of carbonyl (C=O) groups is 1. The van der Waals surface area contributed by atoms with E-state index in [-0.39, 0.29) is 0 Å². The lowest BCUT2D eigenvalue weighted by atomic mass is 10.2. The van der Waals surface area contributed by atoms with E-state index < -0.39 is 5.97 Å². The van der Waals surface area contributed by atoms with Gasteiger partial charge in [0.2, 0.25) is 0 Å². The molecule has 18 heavy (non-hydrogen) atoms. The molecule has 4 nitrogen and oxygen atoms in total. The normalized spacial score (nSPS) is 9.28. The lowest BCUT2D eigenvalue weighted by molar-refractivity contribution is 0.0734. The molecule has 0 bridgehead atoms. The Morgan fingerprint density at radius 1 is 0.944 bits per heavy atom. The second kappa shape index (κ2) is 5.51. The SMILES string of the molecule is N#COc1ccc(OC(=O)c2ccccc2)cc1. The third-order valence-electron chi connectivity index (χ3n) is 2.21. The Morgan fingerprint density at radius 3 is 2.17 bits per heavy atom. The van der Waals surface area contributed by atoms with Crippen LogP contribution in [0.25, 0.3) is 0 Å². The molecule has 0 amide bonds. The fourth-order valence-corrected chi connectivity index (χ4v) is 1.37. The molecule has 0 aliphatic carbocycles. The Morgan fingerprint density at radius 2 is 1.56 bits per heavy atom. The molecule has 0 aliphatic heterocycles. The number of ether oxygens (including phenoxy) is 2. The molecule has 0 unspecified atom stereocenters. The van der Waals surface area contributed by atoms with Gasteiger partial charge < -0.3 is 9.47 Å². The van der Waals surface area contributed by atoms with Gasteiger partial charge >= 0.3 is 5.97 Å². The van der Waals surface area contributed by atoms with E-state index in [0.717, 1.165) is 0 Å². The van der Waals surface area contributed by atoms with Crippen LogP contribution in [0.3, 0.4) is 0 Å². The molecule has 4 heteroatoms. The van der Waals surface area contributed by atoms with E-state index in [2.05, 4.69) is 4.74 Å². The maximum atomic E-state index is 11.7. The standard InChI is InChI=1S/C14H9NO3/c15-10-17-12-6-8-13(9-7-12)18-14(16)11-4-2-1-3-5-11/h1-9H. The van der Waals surface area contributed by atoms with E-state index in [9.17, 15) is 4.79 Å². The van der Waals surface area contributed by atoms with E-state index in [1.165, 1.54) is 0 Å². The number of benzene rings is 2. The van der Waals surface area contributed by atoms with Crippen molar-refractivity contribution in [3.05, 3.63) is 60.2 Å². The summed E-state index contributed by atoms with van der Waals surface area (Å²) in [5.74, 6) is 0.371. The summed E-state index contributed by atoms with van der Waals surface area (Å²) in [7, 11) is 0. The van der Waals surface area contributed by atoms with Gasteiger partial charge in [-0.25, -0.2) is 4.79 Å². The highest BCUT2D eigenvalue weighted by atomic mass is 16.5. The highest BCUT2D eigenvalue weighted by Gasteiger charge is 2.07. The molecule has 0 atom stereocenters. The molecule has 0 fully saturated rings. The molecule has 0 N–H and O–H groups in total. The van der Waals surface area contributed by atoms with Crippen LogP contribution in [0.1, 0.15) is 10.4 Å². The van der Waals surface area contributed by atoms with Gasteiger partial charge in [-0.2, -0.15) is 0 Å². The zero-order valence-corrected chi connectivity index (χ0v) is 9.37. The summed E-state index contributed by atoms with van der Waals surface area (Å²) in [6.07, 6.45) is 1.56. The second-order valence-corrected chi connectivity index (χ2v) is 3.42. The van der Waals surface area contributed by atoms with E-state index in [1.54, 1.807) is 54.8 Å². The van der Waals surface area contributed by atoms with Gasteiger partial charge in [-0.3, -0.25) is 0 Å². The molecular weight excluding hydrogens is 230 g/mol. The highest BCUT2D eigenvalue weighted by molar-refractivity contribution is 5.90. The summed E-state index contributed by atoms with van der Waals surface area (Å²) in [5.41, 5.74) is 0.481.